The first-order valence-electron chi connectivity index (χ1n) is 7.34. The summed E-state index contributed by atoms with van der Waals surface area (Å²) >= 11 is 11.0. The third-order valence-electron chi connectivity index (χ3n) is 3.24. The Hall–Kier alpha value is -2.51. The lowest BCUT2D eigenvalue weighted by atomic mass is 10.1. The van der Waals surface area contributed by atoms with Crippen molar-refractivity contribution >= 4 is 40.5 Å². The van der Waals surface area contributed by atoms with Crippen LogP contribution in [0.4, 0.5) is 5.69 Å². The Morgan fingerprint density at radius 1 is 1.12 bits per heavy atom. The molecule has 8 heteroatoms. The van der Waals surface area contributed by atoms with E-state index in [2.05, 4.69) is 16.2 Å². The zero-order chi connectivity index (χ0) is 18.2. The summed E-state index contributed by atoms with van der Waals surface area (Å²) in [5, 5.41) is 3.75. The molecular weight excluding hydrogens is 362 g/mol. The first-order chi connectivity index (χ1) is 12.0. The van der Waals surface area contributed by atoms with Gasteiger partial charge in [-0.2, -0.15) is 0 Å². The summed E-state index contributed by atoms with van der Waals surface area (Å²) < 4.78 is 10.4. The molecule has 0 heterocycles. The third-order valence-corrected chi connectivity index (χ3v) is 3.68. The second kappa shape index (κ2) is 9.10. The van der Waals surface area contributed by atoms with E-state index in [4.69, 9.17) is 33.3 Å². The predicted octanol–water partition coefficient (Wildman–Crippen LogP) is 2.92. The standard InChI is InChI=1S/C17H18ClN3O3S/c1-23-14-7-6-11(15(10-14)24-2)8-16(22)20-21-17(25)19-13-5-3-4-12(18)9-13/h3-7,9-10H,8H2,1-2H3,(H,20,22)(H2,19,21,25). The SMILES string of the molecule is COc1ccc(CC(=O)NNC(=S)Nc2cccc(Cl)c2)c(OC)c1. The van der Waals surface area contributed by atoms with Gasteiger partial charge in [-0.15, -0.1) is 0 Å². The summed E-state index contributed by atoms with van der Waals surface area (Å²) in [5.74, 6) is 0.971. The van der Waals surface area contributed by atoms with Gasteiger partial charge >= 0.3 is 0 Å². The van der Waals surface area contributed by atoms with Gasteiger partial charge in [0.1, 0.15) is 11.5 Å². The van der Waals surface area contributed by atoms with Gasteiger partial charge in [-0.1, -0.05) is 23.7 Å². The van der Waals surface area contributed by atoms with Crippen molar-refractivity contribution < 1.29 is 14.3 Å². The molecule has 2 rings (SSSR count). The fraction of sp³-hybridized carbons (Fsp3) is 0.176. The monoisotopic (exact) mass is 379 g/mol. The van der Waals surface area contributed by atoms with Crippen molar-refractivity contribution in [2.45, 2.75) is 6.42 Å². The van der Waals surface area contributed by atoms with E-state index < -0.39 is 0 Å². The van der Waals surface area contributed by atoms with Crippen molar-refractivity contribution in [3.05, 3.63) is 53.1 Å². The first-order valence-corrected chi connectivity index (χ1v) is 8.12. The molecule has 0 atom stereocenters. The van der Waals surface area contributed by atoms with E-state index in [1.54, 1.807) is 50.6 Å². The van der Waals surface area contributed by atoms with Crippen LogP contribution in [0.2, 0.25) is 5.02 Å². The quantitative estimate of drug-likeness (QED) is 0.548. The van der Waals surface area contributed by atoms with Gasteiger partial charge < -0.3 is 14.8 Å². The second-order valence-corrected chi connectivity index (χ2v) is 5.84. The highest BCUT2D eigenvalue weighted by Gasteiger charge is 2.10. The lowest BCUT2D eigenvalue weighted by Gasteiger charge is -2.13. The number of carbonyl (C=O) groups is 1. The smallest absolute Gasteiger partial charge is 0.242 e. The minimum Gasteiger partial charge on any atom is -0.497 e. The third kappa shape index (κ3) is 5.81. The fourth-order valence-corrected chi connectivity index (χ4v) is 2.43. The number of ether oxygens (including phenoxy) is 2. The number of hydrogen-bond donors (Lipinski definition) is 3. The summed E-state index contributed by atoms with van der Waals surface area (Å²) in [5.41, 5.74) is 6.63. The topological polar surface area (TPSA) is 71.6 Å². The van der Waals surface area contributed by atoms with Crippen molar-refractivity contribution in [1.29, 1.82) is 0 Å². The number of thiocarbonyl (C=S) groups is 1. The van der Waals surface area contributed by atoms with Gasteiger partial charge in [0.2, 0.25) is 5.91 Å². The molecule has 0 fully saturated rings. The van der Waals surface area contributed by atoms with Crippen LogP contribution < -0.4 is 25.6 Å². The molecule has 0 bridgehead atoms. The van der Waals surface area contributed by atoms with Crippen LogP contribution in [-0.4, -0.2) is 25.2 Å². The Kier molecular flexibility index (Phi) is 6.85. The number of nitrogens with one attached hydrogen (secondary N) is 3. The number of anilines is 1. The number of carbonyl (C=O) groups excluding carboxylic acids is 1. The van der Waals surface area contributed by atoms with E-state index in [-0.39, 0.29) is 17.4 Å². The van der Waals surface area contributed by atoms with Crippen LogP contribution in [0.3, 0.4) is 0 Å². The molecular formula is C17H18ClN3O3S. The normalized spacial score (nSPS) is 9.88. The van der Waals surface area contributed by atoms with E-state index in [1.165, 1.54) is 0 Å². The van der Waals surface area contributed by atoms with E-state index in [0.717, 1.165) is 11.3 Å². The van der Waals surface area contributed by atoms with Crippen molar-refractivity contribution in [2.24, 2.45) is 0 Å². The Balaban J connectivity index is 1.87. The van der Waals surface area contributed by atoms with Crippen LogP contribution in [0.15, 0.2) is 42.5 Å². The second-order valence-electron chi connectivity index (χ2n) is 4.99. The molecule has 0 spiro atoms. The van der Waals surface area contributed by atoms with E-state index >= 15 is 0 Å². The molecule has 3 N–H and O–H groups in total. The van der Waals surface area contributed by atoms with E-state index in [0.29, 0.717) is 16.5 Å². The molecule has 2 aromatic carbocycles. The van der Waals surface area contributed by atoms with Crippen LogP contribution in [0, 0.1) is 0 Å². The maximum atomic E-state index is 12.1. The fourth-order valence-electron chi connectivity index (χ4n) is 2.07. The summed E-state index contributed by atoms with van der Waals surface area (Å²) in [7, 11) is 3.11. The Bertz CT molecular complexity index is 771. The maximum Gasteiger partial charge on any atom is 0.242 e. The molecule has 0 aliphatic rings. The minimum atomic E-state index is -0.265. The summed E-state index contributed by atoms with van der Waals surface area (Å²) in [6.07, 6.45) is 0.125. The minimum absolute atomic E-state index is 0.125. The van der Waals surface area contributed by atoms with Gasteiger partial charge in [-0.25, -0.2) is 0 Å². The Morgan fingerprint density at radius 3 is 2.60 bits per heavy atom. The predicted molar refractivity (Wildman–Crippen MR) is 102 cm³/mol. The molecule has 6 nitrogen and oxygen atoms in total. The largest absolute Gasteiger partial charge is 0.497 e. The molecule has 0 saturated carbocycles. The van der Waals surface area contributed by atoms with E-state index in [9.17, 15) is 4.79 Å². The molecule has 0 saturated heterocycles. The Morgan fingerprint density at radius 2 is 1.92 bits per heavy atom. The van der Waals surface area contributed by atoms with Crippen LogP contribution in [0.1, 0.15) is 5.56 Å². The van der Waals surface area contributed by atoms with Crippen molar-refractivity contribution in [3.8, 4) is 11.5 Å². The number of halogens is 1. The molecule has 0 radical (unpaired) electrons. The van der Waals surface area contributed by atoms with Crippen LogP contribution in [0.25, 0.3) is 0 Å². The summed E-state index contributed by atoms with van der Waals surface area (Å²) in [4.78, 5) is 12.1. The van der Waals surface area contributed by atoms with Gasteiger partial charge in [-0.3, -0.25) is 15.6 Å². The number of amides is 1. The van der Waals surface area contributed by atoms with E-state index in [1.807, 2.05) is 6.07 Å². The van der Waals surface area contributed by atoms with Crippen molar-refractivity contribution in [3.63, 3.8) is 0 Å². The van der Waals surface area contributed by atoms with Gasteiger partial charge in [0.15, 0.2) is 5.11 Å². The lowest BCUT2D eigenvalue weighted by molar-refractivity contribution is -0.121. The molecule has 25 heavy (non-hydrogen) atoms. The molecule has 0 aliphatic heterocycles. The van der Waals surface area contributed by atoms with Gasteiger partial charge in [0.25, 0.3) is 0 Å². The summed E-state index contributed by atoms with van der Waals surface area (Å²) in [6.45, 7) is 0. The zero-order valence-corrected chi connectivity index (χ0v) is 15.3. The molecule has 0 aromatic heterocycles. The number of methoxy groups -OCH3 is 2. The molecule has 0 unspecified atom stereocenters. The highest BCUT2D eigenvalue weighted by Crippen LogP contribution is 2.24. The zero-order valence-electron chi connectivity index (χ0n) is 13.8. The Labute approximate surface area is 156 Å². The number of rotatable bonds is 5. The highest BCUT2D eigenvalue weighted by molar-refractivity contribution is 7.80. The van der Waals surface area contributed by atoms with Crippen molar-refractivity contribution in [1.82, 2.24) is 10.9 Å². The first kappa shape index (κ1) is 18.8. The van der Waals surface area contributed by atoms with Gasteiger partial charge in [0.05, 0.1) is 20.6 Å². The molecule has 1 amide bonds. The molecule has 2 aromatic rings. The molecule has 132 valence electrons. The van der Waals surface area contributed by atoms with Crippen LogP contribution in [-0.2, 0) is 11.2 Å². The average Bonchev–Trinajstić information content (AvgIpc) is 2.60. The average molecular weight is 380 g/mol. The van der Waals surface area contributed by atoms with Gasteiger partial charge in [0, 0.05) is 22.3 Å². The van der Waals surface area contributed by atoms with Crippen molar-refractivity contribution in [2.75, 3.05) is 19.5 Å². The lowest BCUT2D eigenvalue weighted by Crippen LogP contribution is -2.44. The number of hydrazine groups is 1. The number of benzene rings is 2. The van der Waals surface area contributed by atoms with Crippen LogP contribution >= 0.6 is 23.8 Å². The molecule has 0 aliphatic carbocycles. The summed E-state index contributed by atoms with van der Waals surface area (Å²) in [6, 6.07) is 12.4. The highest BCUT2D eigenvalue weighted by atomic mass is 35.5. The van der Waals surface area contributed by atoms with Gasteiger partial charge in [-0.05, 0) is 36.5 Å². The maximum absolute atomic E-state index is 12.1. The van der Waals surface area contributed by atoms with Crippen LogP contribution in [0.5, 0.6) is 11.5 Å². The number of hydrogen-bond acceptors (Lipinski definition) is 4.